The Kier molecular flexibility index (Phi) is 3.44. The smallest absolute Gasteiger partial charge is 0.0542 e. The summed E-state index contributed by atoms with van der Waals surface area (Å²) in [5, 5.41) is 0. The lowest BCUT2D eigenvalue weighted by Gasteiger charge is -1.94. The van der Waals surface area contributed by atoms with Gasteiger partial charge in [-0.25, -0.2) is 0 Å². The van der Waals surface area contributed by atoms with E-state index in [0.717, 1.165) is 5.71 Å². The topological polar surface area (TPSA) is 38.4 Å². The molecule has 0 saturated heterocycles. The van der Waals surface area contributed by atoms with Crippen LogP contribution in [-0.2, 0) is 0 Å². The molecule has 9 heavy (non-hydrogen) atoms. The van der Waals surface area contributed by atoms with Crippen LogP contribution in [0.5, 0.6) is 0 Å². The zero-order valence-electron chi connectivity index (χ0n) is 5.89. The molecule has 0 aliphatic heterocycles. The average molecular weight is 124 g/mol. The molecule has 0 heterocycles. The number of aliphatic imine (C=N–C) groups is 1. The van der Waals surface area contributed by atoms with Gasteiger partial charge in [0.15, 0.2) is 0 Å². The van der Waals surface area contributed by atoms with Gasteiger partial charge < -0.3 is 5.73 Å². The van der Waals surface area contributed by atoms with E-state index in [9.17, 15) is 0 Å². The summed E-state index contributed by atoms with van der Waals surface area (Å²) in [6.07, 6.45) is 3.37. The number of rotatable bonds is 2. The van der Waals surface area contributed by atoms with Crippen LogP contribution in [0, 0.1) is 0 Å². The summed E-state index contributed by atoms with van der Waals surface area (Å²) >= 11 is 0. The molecule has 0 aliphatic carbocycles. The fraction of sp³-hybridized carbons (Fsp3) is 0.286. The van der Waals surface area contributed by atoms with Crippen LogP contribution in [0.25, 0.3) is 0 Å². The highest BCUT2D eigenvalue weighted by Crippen LogP contribution is 1.87. The first-order valence-electron chi connectivity index (χ1n) is 2.74. The maximum Gasteiger partial charge on any atom is 0.0542 e. The molecular formula is C7H12N2. The fourth-order valence-electron chi connectivity index (χ4n) is 0.377. The van der Waals surface area contributed by atoms with Gasteiger partial charge in [-0.05, 0) is 13.0 Å². The van der Waals surface area contributed by atoms with E-state index >= 15 is 0 Å². The standard InChI is InChI=1S/C7H12N2/c1-4-5-7(8)6(2)9-3/h4-5H,1,8H2,2-3H3/b7-5+,9-6?. The van der Waals surface area contributed by atoms with Crippen LogP contribution in [0.1, 0.15) is 6.92 Å². The van der Waals surface area contributed by atoms with Gasteiger partial charge in [0.1, 0.15) is 0 Å². The van der Waals surface area contributed by atoms with E-state index in [1.807, 2.05) is 6.92 Å². The largest absolute Gasteiger partial charge is 0.397 e. The molecule has 0 bridgehead atoms. The molecule has 0 rings (SSSR count). The Labute approximate surface area is 55.8 Å². The quantitative estimate of drug-likeness (QED) is 0.434. The van der Waals surface area contributed by atoms with Gasteiger partial charge in [0, 0.05) is 7.05 Å². The van der Waals surface area contributed by atoms with Gasteiger partial charge in [-0.2, -0.15) is 0 Å². The fourth-order valence-corrected chi connectivity index (χ4v) is 0.377. The Balaban J connectivity index is 4.19. The predicted octanol–water partition coefficient (Wildman–Crippen LogP) is 1.11. The molecule has 0 aromatic heterocycles. The summed E-state index contributed by atoms with van der Waals surface area (Å²) in [7, 11) is 1.71. The number of allylic oxidation sites excluding steroid dienone is 3. The molecule has 0 radical (unpaired) electrons. The maximum absolute atomic E-state index is 5.50. The lowest BCUT2D eigenvalue weighted by Crippen LogP contribution is -2.06. The predicted molar refractivity (Wildman–Crippen MR) is 41.5 cm³/mol. The molecule has 0 unspecified atom stereocenters. The van der Waals surface area contributed by atoms with Crippen LogP contribution in [0.3, 0.4) is 0 Å². The minimum Gasteiger partial charge on any atom is -0.397 e. The molecule has 0 aromatic carbocycles. The molecule has 2 N–H and O–H groups in total. The highest BCUT2D eigenvalue weighted by atomic mass is 14.7. The molecule has 0 spiro atoms. The van der Waals surface area contributed by atoms with Crippen LogP contribution in [0.4, 0.5) is 0 Å². The molecule has 0 aromatic rings. The van der Waals surface area contributed by atoms with Crippen molar-refractivity contribution < 1.29 is 0 Å². The summed E-state index contributed by atoms with van der Waals surface area (Å²) < 4.78 is 0. The van der Waals surface area contributed by atoms with Crippen molar-refractivity contribution in [3.63, 3.8) is 0 Å². The van der Waals surface area contributed by atoms with Crippen molar-refractivity contribution in [2.75, 3.05) is 7.05 Å². The molecule has 0 atom stereocenters. The zero-order chi connectivity index (χ0) is 7.28. The van der Waals surface area contributed by atoms with E-state index in [-0.39, 0.29) is 0 Å². The Morgan fingerprint density at radius 3 is 2.56 bits per heavy atom. The van der Waals surface area contributed by atoms with Crippen LogP contribution in [-0.4, -0.2) is 12.8 Å². The van der Waals surface area contributed by atoms with Crippen LogP contribution >= 0.6 is 0 Å². The van der Waals surface area contributed by atoms with E-state index < -0.39 is 0 Å². The maximum atomic E-state index is 5.50. The minimum absolute atomic E-state index is 0.674. The van der Waals surface area contributed by atoms with Gasteiger partial charge in [0.25, 0.3) is 0 Å². The zero-order valence-corrected chi connectivity index (χ0v) is 5.89. The minimum atomic E-state index is 0.674. The molecule has 0 saturated carbocycles. The molecular weight excluding hydrogens is 112 g/mol. The second-order valence-corrected chi connectivity index (χ2v) is 1.67. The van der Waals surface area contributed by atoms with Crippen LogP contribution in [0.2, 0.25) is 0 Å². The average Bonchev–Trinajstić information content (AvgIpc) is 1.87. The van der Waals surface area contributed by atoms with Crippen molar-refractivity contribution >= 4 is 5.71 Å². The molecule has 50 valence electrons. The lowest BCUT2D eigenvalue weighted by atomic mass is 10.3. The third-order valence-electron chi connectivity index (χ3n) is 1.05. The first-order valence-corrected chi connectivity index (χ1v) is 2.74. The third-order valence-corrected chi connectivity index (χ3v) is 1.05. The molecule has 0 fully saturated rings. The van der Waals surface area contributed by atoms with Crippen LogP contribution < -0.4 is 5.73 Å². The summed E-state index contributed by atoms with van der Waals surface area (Å²) in [6, 6.07) is 0. The number of hydrogen-bond acceptors (Lipinski definition) is 2. The van der Waals surface area contributed by atoms with Gasteiger partial charge in [0.05, 0.1) is 11.4 Å². The van der Waals surface area contributed by atoms with E-state index in [4.69, 9.17) is 5.73 Å². The summed E-state index contributed by atoms with van der Waals surface area (Å²) in [5.74, 6) is 0. The normalized spacial score (nSPS) is 13.6. The number of nitrogens with zero attached hydrogens (tertiary/aromatic N) is 1. The van der Waals surface area contributed by atoms with E-state index in [2.05, 4.69) is 11.6 Å². The monoisotopic (exact) mass is 124 g/mol. The molecule has 0 aliphatic rings. The first kappa shape index (κ1) is 7.95. The molecule has 2 nitrogen and oxygen atoms in total. The van der Waals surface area contributed by atoms with Gasteiger partial charge in [-0.1, -0.05) is 12.7 Å². The van der Waals surface area contributed by atoms with Crippen molar-refractivity contribution in [2.24, 2.45) is 10.7 Å². The van der Waals surface area contributed by atoms with Gasteiger partial charge in [-0.15, -0.1) is 0 Å². The van der Waals surface area contributed by atoms with E-state index in [0.29, 0.717) is 5.70 Å². The van der Waals surface area contributed by atoms with Crippen molar-refractivity contribution in [3.8, 4) is 0 Å². The van der Waals surface area contributed by atoms with Gasteiger partial charge >= 0.3 is 0 Å². The highest BCUT2D eigenvalue weighted by molar-refractivity contribution is 5.97. The highest BCUT2D eigenvalue weighted by Gasteiger charge is 1.88. The SMILES string of the molecule is C=C/C=C(/N)C(C)=NC. The van der Waals surface area contributed by atoms with E-state index in [1.165, 1.54) is 0 Å². The summed E-state index contributed by atoms with van der Waals surface area (Å²) in [4.78, 5) is 3.88. The first-order chi connectivity index (χ1) is 4.22. The second-order valence-electron chi connectivity index (χ2n) is 1.67. The Bertz CT molecular complexity index is 154. The summed E-state index contributed by atoms with van der Waals surface area (Å²) in [5.41, 5.74) is 7.01. The summed E-state index contributed by atoms with van der Waals surface area (Å²) in [6.45, 7) is 5.36. The van der Waals surface area contributed by atoms with Crippen molar-refractivity contribution in [1.29, 1.82) is 0 Å². The second kappa shape index (κ2) is 3.89. The Hall–Kier alpha value is -1.05. The Morgan fingerprint density at radius 1 is 1.67 bits per heavy atom. The Morgan fingerprint density at radius 2 is 2.22 bits per heavy atom. The van der Waals surface area contributed by atoms with Crippen molar-refractivity contribution in [3.05, 3.63) is 24.4 Å². The third kappa shape index (κ3) is 2.69. The van der Waals surface area contributed by atoms with E-state index in [1.54, 1.807) is 19.2 Å². The van der Waals surface area contributed by atoms with Crippen molar-refractivity contribution in [1.82, 2.24) is 0 Å². The van der Waals surface area contributed by atoms with Crippen LogP contribution in [0.15, 0.2) is 29.4 Å². The number of hydrogen-bond donors (Lipinski definition) is 1. The molecule has 0 amide bonds. The van der Waals surface area contributed by atoms with Gasteiger partial charge in [0.2, 0.25) is 0 Å². The lowest BCUT2D eigenvalue weighted by molar-refractivity contribution is 1.36. The van der Waals surface area contributed by atoms with Crippen molar-refractivity contribution in [2.45, 2.75) is 6.92 Å². The number of nitrogens with two attached hydrogens (primary N) is 1. The molecule has 2 heteroatoms. The van der Waals surface area contributed by atoms with Gasteiger partial charge in [-0.3, -0.25) is 4.99 Å².